The summed E-state index contributed by atoms with van der Waals surface area (Å²) < 4.78 is 124. The third-order valence-electron chi connectivity index (χ3n) is 24.7. The summed E-state index contributed by atoms with van der Waals surface area (Å²) in [6.07, 6.45) is 1.48. The lowest BCUT2D eigenvalue weighted by atomic mass is 9.33. The highest BCUT2D eigenvalue weighted by atomic mass is 15.2. The second-order valence-corrected chi connectivity index (χ2v) is 35.4. The Morgan fingerprint density at radius 1 is 0.317 bits per heavy atom. The fourth-order valence-corrected chi connectivity index (χ4v) is 18.5. The van der Waals surface area contributed by atoms with Gasteiger partial charge in [-0.3, -0.25) is 0 Å². The zero-order valence-electron chi connectivity index (χ0n) is 82.3. The highest BCUT2D eigenvalue weighted by molar-refractivity contribution is 7.00. The molecule has 0 unspecified atom stereocenters. The molecule has 2 aliphatic heterocycles. The lowest BCUT2D eigenvalue weighted by Crippen LogP contribution is -2.62. The average molecular weight is 1560 g/mol. The minimum absolute atomic E-state index is 0.0335. The maximum atomic E-state index is 9.89. The molecule has 2 aromatic heterocycles. The van der Waals surface area contributed by atoms with Crippen molar-refractivity contribution in [1.82, 2.24) is 9.13 Å². The predicted octanol–water partition coefficient (Wildman–Crippen LogP) is 27.3. The van der Waals surface area contributed by atoms with Crippen molar-refractivity contribution in [3.63, 3.8) is 0 Å². The summed E-state index contributed by atoms with van der Waals surface area (Å²) in [7, 11) is 0. The lowest BCUT2D eigenvalue weighted by molar-refractivity contribution is 0.589. The first kappa shape index (κ1) is 61.9. The van der Waals surface area contributed by atoms with Crippen LogP contribution >= 0.6 is 0 Å². The number of para-hydroxylation sites is 3. The molecule has 120 heavy (non-hydrogen) atoms. The van der Waals surface area contributed by atoms with Crippen LogP contribution in [0.1, 0.15) is 125 Å². The van der Waals surface area contributed by atoms with Crippen LogP contribution in [0.3, 0.4) is 0 Å². The third kappa shape index (κ3) is 14.1. The van der Waals surface area contributed by atoms with Crippen molar-refractivity contribution in [1.29, 1.82) is 0 Å². The van der Waals surface area contributed by atoms with Gasteiger partial charge in [-0.25, -0.2) is 0 Å². The molecule has 0 radical (unpaired) electrons. The Kier molecular flexibility index (Phi) is 15.7. The molecule has 20 rings (SSSR count). The molecule has 0 bridgehead atoms. The largest absolute Gasteiger partial charge is 0.342 e. The van der Waals surface area contributed by atoms with Crippen LogP contribution in [0.4, 0.5) is 34.1 Å². The molecule has 4 heterocycles. The highest BCUT2D eigenvalue weighted by Crippen LogP contribution is 2.47. The zero-order valence-corrected chi connectivity index (χ0v) is 69.3. The number of anilines is 6. The van der Waals surface area contributed by atoms with Crippen LogP contribution in [-0.4, -0.2) is 28.9 Å². The second-order valence-electron chi connectivity index (χ2n) is 35.4. The van der Waals surface area contributed by atoms with Crippen molar-refractivity contribution in [2.24, 2.45) is 0 Å². The number of benzene rings is 16. The molecule has 18 aromatic rings. The van der Waals surface area contributed by atoms with Gasteiger partial charge < -0.3 is 23.8 Å². The highest BCUT2D eigenvalue weighted by Gasteiger charge is 2.44. The van der Waals surface area contributed by atoms with E-state index in [-0.39, 0.29) is 69.1 Å². The first-order valence-electron chi connectivity index (χ1n) is 48.4. The Hall–Kier alpha value is -13.4. The first-order chi connectivity index (χ1) is 63.8. The molecule has 0 atom stereocenters. The van der Waals surface area contributed by atoms with Crippen molar-refractivity contribution < 1.29 is 17.8 Å². The van der Waals surface area contributed by atoms with Gasteiger partial charge in [-0.15, -0.1) is 0 Å². The van der Waals surface area contributed by atoms with Crippen LogP contribution in [-0.2, 0) is 42.1 Å². The van der Waals surface area contributed by atoms with Gasteiger partial charge >= 0.3 is 0 Å². The van der Waals surface area contributed by atoms with Gasteiger partial charge in [0.25, 0.3) is 6.71 Å². The Morgan fingerprint density at radius 2 is 0.783 bits per heavy atom. The summed E-state index contributed by atoms with van der Waals surface area (Å²) >= 11 is 0. The number of fused-ring (bicyclic) bond motifs is 10. The summed E-state index contributed by atoms with van der Waals surface area (Å²) in [5.41, 5.74) is 28.7. The van der Waals surface area contributed by atoms with E-state index in [4.69, 9.17) is 6.85 Å². The molecule has 0 fully saturated rings. The SMILES string of the molecule is [2H]c1c([2H])c([2H])c(N(CCc2cc3c4c(c2)N(Cc2c(-c5ccccc5)cccc2-c2ccccc2)c2cc(Cc5cccc(C(C)(C)C)c5)ccc2B4c2ccc(-n4c5ccc(C(C)(C)C)cc5c5cc(C(C)(C)C)ccc54)cc2N3CCc2cc(-c3ccccc3)cc(-c3ccccc3)c2)c2ccc(-n3c4c([2H])c([2H])c([2H])c([2H])c4c4c([2H])c([2H])c([2H])c([2H])c43)cc2)c([2H])c1[2H]. The van der Waals surface area contributed by atoms with Crippen molar-refractivity contribution in [3.8, 4) is 55.9 Å². The third-order valence-corrected chi connectivity index (χ3v) is 24.7. The monoisotopic (exact) mass is 1560 g/mol. The van der Waals surface area contributed by atoms with E-state index in [0.29, 0.717) is 31.6 Å². The van der Waals surface area contributed by atoms with E-state index >= 15 is 0 Å². The van der Waals surface area contributed by atoms with Crippen LogP contribution in [0.2, 0.25) is 0 Å². The molecule has 5 nitrogen and oxygen atoms in total. The molecule has 0 amide bonds. The van der Waals surface area contributed by atoms with Gasteiger partial charge in [-0.1, -0.05) is 323 Å². The lowest BCUT2D eigenvalue weighted by Gasteiger charge is -2.45. The molecule has 16 aromatic carbocycles. The number of hydrogen-bond donors (Lipinski definition) is 0. The molecular formula is C114H100BN5. The van der Waals surface area contributed by atoms with Gasteiger partial charge in [0.15, 0.2) is 0 Å². The molecule has 0 spiro atoms. The number of hydrogen-bond acceptors (Lipinski definition) is 3. The molecule has 0 saturated heterocycles. The minimum Gasteiger partial charge on any atom is -0.342 e. The van der Waals surface area contributed by atoms with Gasteiger partial charge in [0.2, 0.25) is 0 Å². The first-order valence-corrected chi connectivity index (χ1v) is 41.9. The topological polar surface area (TPSA) is 19.6 Å². The van der Waals surface area contributed by atoms with E-state index in [9.17, 15) is 11.0 Å². The maximum Gasteiger partial charge on any atom is 0.252 e. The smallest absolute Gasteiger partial charge is 0.252 e. The molecule has 584 valence electrons. The van der Waals surface area contributed by atoms with Crippen molar-refractivity contribution in [3.05, 3.63) is 414 Å². The van der Waals surface area contributed by atoms with Crippen LogP contribution in [0.5, 0.6) is 0 Å². The van der Waals surface area contributed by atoms with Gasteiger partial charge in [0.1, 0.15) is 0 Å². The van der Waals surface area contributed by atoms with Gasteiger partial charge in [0.05, 0.1) is 39.9 Å². The normalized spacial score (nSPS) is 14.2. The van der Waals surface area contributed by atoms with Gasteiger partial charge in [0, 0.05) is 86.7 Å². The fraction of sp³-hybridized carbons (Fsp3) is 0.158. The number of aromatic nitrogens is 2. The predicted molar refractivity (Wildman–Crippen MR) is 513 cm³/mol. The fourth-order valence-electron chi connectivity index (χ4n) is 18.5. The standard InChI is InChI=1S/C114H100BN5/c1-112(2,3)87-40-29-31-77(68-87)65-78-49-57-101-107(69-78)118(76-100-94(83-36-19-12-20-37-83)45-30-46-95(100)84-38-21-13-22-39-84)110-71-80(61-63-116(90-41-23-14-24-42-90)91-52-54-92(55-53-91)119-103-47-27-25-43-96(103)97-44-26-28-48-104(97)119)70-109-111(110)115(101)102-58-56-93(120-105-59-50-88(113(4,5)6)73-98(105)99-74-89(114(7,8)9)51-60-106(99)120)75-108(102)117(109)64-62-79-66-85(81-32-15-10-16-33-81)72-86(67-79)82-34-17-11-18-35-82/h10-60,66-75H,61-65,76H2,1-9H3/i14D,23D,24D,25D,26D,27D,28D,41D,42D,43D,44D,47D,48D. The Bertz CT molecular complexity index is 7460. The maximum absolute atomic E-state index is 9.89. The summed E-state index contributed by atoms with van der Waals surface area (Å²) in [5.74, 6) is 0. The van der Waals surface area contributed by atoms with E-state index < -0.39 is 78.6 Å². The minimum atomic E-state index is -0.559. The van der Waals surface area contributed by atoms with Crippen molar-refractivity contribution in [2.45, 2.75) is 104 Å². The van der Waals surface area contributed by atoms with Crippen molar-refractivity contribution in [2.75, 3.05) is 27.8 Å². The Morgan fingerprint density at radius 3 is 1.35 bits per heavy atom. The van der Waals surface area contributed by atoms with Gasteiger partial charge in [-0.05, 0) is 250 Å². The molecule has 0 saturated carbocycles. The van der Waals surface area contributed by atoms with Gasteiger partial charge in [-0.2, -0.15) is 0 Å². The zero-order chi connectivity index (χ0) is 92.9. The van der Waals surface area contributed by atoms with E-state index in [1.165, 1.54) is 37.6 Å². The average Bonchev–Trinajstić information content (AvgIpc) is 1.70. The molecular weight excluding hydrogens is 1450 g/mol. The van der Waals surface area contributed by atoms with Crippen LogP contribution in [0.25, 0.3) is 99.5 Å². The van der Waals surface area contributed by atoms with E-state index in [0.717, 1.165) is 123 Å². The van der Waals surface area contributed by atoms with Crippen LogP contribution in [0.15, 0.2) is 370 Å². The molecule has 2 aliphatic rings. The summed E-state index contributed by atoms with van der Waals surface area (Å²) in [6.45, 7) is 21.0. The van der Waals surface area contributed by atoms with Crippen molar-refractivity contribution >= 4 is 101 Å². The number of nitrogens with zero attached hydrogens (tertiary/aromatic N) is 5. The molecule has 0 N–H and O–H groups in total. The summed E-state index contributed by atoms with van der Waals surface area (Å²) in [4.78, 5) is 6.91. The summed E-state index contributed by atoms with van der Waals surface area (Å²) in [6, 6.07) is 98.6. The Balaban J connectivity index is 0.851. The molecule has 0 aliphatic carbocycles. The van der Waals surface area contributed by atoms with E-state index in [1.54, 1.807) is 29.2 Å². The quantitative estimate of drug-likeness (QED) is 0.0799. The second kappa shape index (κ2) is 30.5. The Labute approximate surface area is 726 Å². The summed E-state index contributed by atoms with van der Waals surface area (Å²) in [5, 5.41) is 2.21. The van der Waals surface area contributed by atoms with Crippen LogP contribution in [0, 0.1) is 0 Å². The van der Waals surface area contributed by atoms with E-state index in [2.05, 4.69) is 344 Å². The van der Waals surface area contributed by atoms with E-state index in [1.807, 2.05) is 0 Å². The molecule has 6 heteroatoms. The van der Waals surface area contributed by atoms with Crippen LogP contribution < -0.4 is 31.1 Å². The number of rotatable bonds is 18.